The van der Waals surface area contributed by atoms with Crippen LogP contribution < -0.4 is 5.73 Å². The lowest BCUT2D eigenvalue weighted by Gasteiger charge is -2.13. The summed E-state index contributed by atoms with van der Waals surface area (Å²) in [5, 5.41) is 0. The minimum Gasteiger partial charge on any atom is -0.378 e. The second-order valence-corrected chi connectivity index (χ2v) is 5.81. The first-order chi connectivity index (χ1) is 8.44. The van der Waals surface area contributed by atoms with Gasteiger partial charge in [-0.15, -0.1) is 4.67 Å². The molecule has 0 fully saturated rings. The molecule has 0 aliphatic rings. The van der Waals surface area contributed by atoms with E-state index in [0.717, 1.165) is 12.7 Å². The van der Waals surface area contributed by atoms with Gasteiger partial charge in [-0.05, 0) is 12.0 Å². The smallest absolute Gasteiger partial charge is 0.378 e. The maximum Gasteiger partial charge on any atom is 0.505 e. The van der Waals surface area contributed by atoms with E-state index in [-0.39, 0.29) is 6.42 Å². The summed E-state index contributed by atoms with van der Waals surface area (Å²) >= 11 is 5.29. The zero-order valence-electron chi connectivity index (χ0n) is 9.61. The number of nitrogens with two attached hydrogens (primary N) is 1. The molecule has 0 saturated heterocycles. The highest BCUT2D eigenvalue weighted by Crippen LogP contribution is 2.53. The second kappa shape index (κ2) is 6.87. The molecule has 100 valence electrons. The topological polar surface area (TPSA) is 87.9 Å². The number of halogens is 1. The Balaban J connectivity index is 2.55. The van der Waals surface area contributed by atoms with Crippen molar-refractivity contribution in [1.82, 2.24) is 0 Å². The number of rotatable bonds is 6. The Morgan fingerprint density at radius 3 is 2.61 bits per heavy atom. The van der Waals surface area contributed by atoms with E-state index >= 15 is 0 Å². The average molecular weight is 294 g/mol. The number of hydrogen-bond donors (Lipinski definition) is 1. The lowest BCUT2D eigenvalue weighted by Crippen LogP contribution is -2.33. The summed E-state index contributed by atoms with van der Waals surface area (Å²) in [6.07, 6.45) is 0.240. The summed E-state index contributed by atoms with van der Waals surface area (Å²) in [4.78, 5) is 15.6. The van der Waals surface area contributed by atoms with Crippen molar-refractivity contribution in [3.63, 3.8) is 0 Å². The van der Waals surface area contributed by atoms with Crippen LogP contribution in [-0.2, 0) is 29.9 Å². The van der Waals surface area contributed by atoms with Crippen molar-refractivity contribution in [3.8, 4) is 0 Å². The number of carbonyl (C=O) groups is 1. The molecule has 0 amide bonds. The Morgan fingerprint density at radius 2 is 2.06 bits per heavy atom. The van der Waals surface area contributed by atoms with Crippen LogP contribution in [0.5, 0.6) is 0 Å². The van der Waals surface area contributed by atoms with Gasteiger partial charge in [-0.25, -0.2) is 14.2 Å². The van der Waals surface area contributed by atoms with Crippen molar-refractivity contribution >= 4 is 24.2 Å². The van der Waals surface area contributed by atoms with Crippen LogP contribution in [0, 0.1) is 0 Å². The molecule has 0 saturated carbocycles. The predicted molar refractivity (Wildman–Crippen MR) is 65.8 cm³/mol. The van der Waals surface area contributed by atoms with Crippen LogP contribution in [0.15, 0.2) is 30.3 Å². The zero-order valence-corrected chi connectivity index (χ0v) is 11.3. The van der Waals surface area contributed by atoms with E-state index in [4.69, 9.17) is 17.0 Å². The van der Waals surface area contributed by atoms with Gasteiger partial charge in [-0.1, -0.05) is 30.3 Å². The van der Waals surface area contributed by atoms with Crippen LogP contribution in [-0.4, -0.2) is 19.1 Å². The molecule has 0 aliphatic carbocycles. The van der Waals surface area contributed by atoms with E-state index < -0.39 is 19.0 Å². The average Bonchev–Trinajstić information content (AvgIpc) is 2.29. The molecule has 8 heteroatoms. The van der Waals surface area contributed by atoms with Crippen molar-refractivity contribution in [1.29, 1.82) is 0 Å². The van der Waals surface area contributed by atoms with Gasteiger partial charge in [0.2, 0.25) is 0 Å². The number of hydrogen-bond acceptors (Lipinski definition) is 6. The fourth-order valence-corrected chi connectivity index (χ4v) is 2.16. The molecule has 6 nitrogen and oxygen atoms in total. The fourth-order valence-electron chi connectivity index (χ4n) is 1.23. The highest BCUT2D eigenvalue weighted by molar-refractivity contribution is 7.81. The van der Waals surface area contributed by atoms with E-state index in [1.165, 1.54) is 0 Å². The third kappa shape index (κ3) is 5.16. The van der Waals surface area contributed by atoms with Gasteiger partial charge in [-0.2, -0.15) is 0 Å². The molecular weight excluding hydrogens is 281 g/mol. The van der Waals surface area contributed by atoms with Gasteiger partial charge >= 0.3 is 12.9 Å². The summed E-state index contributed by atoms with van der Waals surface area (Å²) < 4.78 is 19.8. The van der Waals surface area contributed by atoms with Crippen LogP contribution in [0.25, 0.3) is 0 Å². The normalized spacial score (nSPS) is 15.7. The first kappa shape index (κ1) is 15.1. The van der Waals surface area contributed by atoms with Crippen molar-refractivity contribution in [3.05, 3.63) is 35.9 Å². The number of carbonyl (C=O) groups excluding carboxylic acids is 1. The predicted octanol–water partition coefficient (Wildman–Crippen LogP) is 2.02. The maximum atomic E-state index is 11.5. The molecule has 1 aromatic carbocycles. The van der Waals surface area contributed by atoms with Crippen LogP contribution in [0.3, 0.4) is 0 Å². The highest BCUT2D eigenvalue weighted by Gasteiger charge is 2.30. The standard InChI is InChI=1S/C10H13ClNO5P/c1-15-17-18(11,14)16-10(13)9(12)7-8-5-3-2-4-6-8/h2-6,9H,7,12H2,1H3/t9-,18?/m0/s1. The lowest BCUT2D eigenvalue weighted by atomic mass is 10.1. The minimum atomic E-state index is -4.09. The highest BCUT2D eigenvalue weighted by atomic mass is 35.7. The van der Waals surface area contributed by atoms with Crippen LogP contribution in [0.1, 0.15) is 5.56 Å². The largest absolute Gasteiger partial charge is 0.505 e. The van der Waals surface area contributed by atoms with Gasteiger partial charge in [0.15, 0.2) is 0 Å². The third-order valence-electron chi connectivity index (χ3n) is 1.96. The van der Waals surface area contributed by atoms with E-state index in [0.29, 0.717) is 0 Å². The van der Waals surface area contributed by atoms with E-state index in [9.17, 15) is 9.36 Å². The summed E-state index contributed by atoms with van der Waals surface area (Å²) in [5.41, 5.74) is 6.45. The third-order valence-corrected chi connectivity index (χ3v) is 3.06. The van der Waals surface area contributed by atoms with E-state index in [1.807, 2.05) is 18.2 Å². The molecule has 1 unspecified atom stereocenters. The summed E-state index contributed by atoms with van der Waals surface area (Å²) in [6.45, 7) is -4.09. The van der Waals surface area contributed by atoms with Crippen molar-refractivity contribution in [2.45, 2.75) is 12.5 Å². The Hall–Kier alpha value is -0.910. The van der Waals surface area contributed by atoms with Crippen molar-refractivity contribution in [2.75, 3.05) is 7.11 Å². The summed E-state index contributed by atoms with van der Waals surface area (Å²) in [7, 11) is 1.09. The summed E-state index contributed by atoms with van der Waals surface area (Å²) in [6, 6.07) is 8.09. The SMILES string of the molecule is COOP(=O)(Cl)OC(=O)[C@@H](N)Cc1ccccc1. The summed E-state index contributed by atoms with van der Waals surface area (Å²) in [5.74, 6) is -0.922. The molecule has 0 heterocycles. The van der Waals surface area contributed by atoms with Gasteiger partial charge in [0.1, 0.15) is 6.04 Å². The molecule has 0 radical (unpaired) electrons. The molecular formula is C10H13ClNO5P. The number of benzene rings is 1. The molecule has 0 spiro atoms. The molecule has 0 aliphatic heterocycles. The molecule has 1 rings (SSSR count). The van der Waals surface area contributed by atoms with Crippen molar-refractivity contribution in [2.24, 2.45) is 5.73 Å². The first-order valence-electron chi connectivity index (χ1n) is 4.99. The van der Waals surface area contributed by atoms with Crippen molar-refractivity contribution < 1.29 is 23.4 Å². The van der Waals surface area contributed by atoms with Crippen LogP contribution in [0.4, 0.5) is 0 Å². The molecule has 1 aromatic rings. The van der Waals surface area contributed by atoms with Gasteiger partial charge in [0, 0.05) is 11.2 Å². The fraction of sp³-hybridized carbons (Fsp3) is 0.300. The first-order valence-corrected chi connectivity index (χ1v) is 7.44. The van der Waals surface area contributed by atoms with Gasteiger partial charge in [0.05, 0.1) is 7.11 Å². The van der Waals surface area contributed by atoms with E-state index in [2.05, 4.69) is 14.1 Å². The lowest BCUT2D eigenvalue weighted by molar-refractivity contribution is -0.185. The quantitative estimate of drug-likeness (QED) is 0.490. The molecule has 18 heavy (non-hydrogen) atoms. The van der Waals surface area contributed by atoms with Crippen LogP contribution in [0.2, 0.25) is 0 Å². The second-order valence-electron chi connectivity index (χ2n) is 3.38. The van der Waals surface area contributed by atoms with Gasteiger partial charge < -0.3 is 10.3 Å². The Labute approximate surface area is 109 Å². The Kier molecular flexibility index (Phi) is 5.78. The van der Waals surface area contributed by atoms with Gasteiger partial charge in [0.25, 0.3) is 0 Å². The zero-order chi connectivity index (χ0) is 13.6. The van der Waals surface area contributed by atoms with Crippen LogP contribution >= 0.6 is 18.2 Å². The maximum absolute atomic E-state index is 11.5. The Morgan fingerprint density at radius 1 is 1.44 bits per heavy atom. The molecule has 0 aromatic heterocycles. The minimum absolute atomic E-state index is 0.240. The monoisotopic (exact) mass is 293 g/mol. The Bertz CT molecular complexity index is 441. The van der Waals surface area contributed by atoms with E-state index in [1.54, 1.807) is 12.1 Å². The molecule has 0 bridgehead atoms. The van der Waals surface area contributed by atoms with Gasteiger partial charge in [-0.3, -0.25) is 0 Å². The molecule has 2 atom stereocenters. The molecule has 2 N–H and O–H groups in total.